The van der Waals surface area contributed by atoms with Crippen LogP contribution in [0, 0.1) is 17.6 Å². The minimum atomic E-state index is -0.658. The van der Waals surface area contributed by atoms with E-state index in [0.29, 0.717) is 18.4 Å². The summed E-state index contributed by atoms with van der Waals surface area (Å²) in [6.07, 6.45) is 1.07. The van der Waals surface area contributed by atoms with Gasteiger partial charge in [-0.05, 0) is 37.2 Å². The number of nitrogens with zero attached hydrogens (tertiary/aromatic N) is 2. The van der Waals surface area contributed by atoms with E-state index >= 15 is 0 Å². The van der Waals surface area contributed by atoms with Gasteiger partial charge < -0.3 is 10.1 Å². The van der Waals surface area contributed by atoms with E-state index < -0.39 is 11.6 Å². The number of aromatic nitrogens is 2. The normalized spacial score (nSPS) is 17.5. The van der Waals surface area contributed by atoms with Crippen LogP contribution in [0.15, 0.2) is 42.5 Å². The molecule has 0 spiro atoms. The molecule has 1 fully saturated rings. The van der Waals surface area contributed by atoms with E-state index in [-0.39, 0.29) is 5.69 Å². The average molecular weight is 329 g/mol. The van der Waals surface area contributed by atoms with Crippen molar-refractivity contribution in [2.45, 2.75) is 6.42 Å². The van der Waals surface area contributed by atoms with Gasteiger partial charge in [-0.1, -0.05) is 12.1 Å². The third kappa shape index (κ3) is 2.73. The molecule has 2 heterocycles. The number of fused-ring (bicyclic) bond motifs is 1. The summed E-state index contributed by atoms with van der Waals surface area (Å²) in [4.78, 5) is 0. The molecule has 1 saturated heterocycles. The third-order valence-electron chi connectivity index (χ3n) is 4.31. The van der Waals surface area contributed by atoms with Gasteiger partial charge in [-0.25, -0.2) is 13.5 Å². The van der Waals surface area contributed by atoms with Crippen LogP contribution in [0.2, 0.25) is 0 Å². The minimum absolute atomic E-state index is 0.199. The fourth-order valence-electron chi connectivity index (χ4n) is 3.03. The fourth-order valence-corrected chi connectivity index (χ4v) is 3.03. The van der Waals surface area contributed by atoms with Crippen molar-refractivity contribution in [1.82, 2.24) is 15.1 Å². The topological polar surface area (TPSA) is 39.1 Å². The Morgan fingerprint density at radius 1 is 1.21 bits per heavy atom. The summed E-state index contributed by atoms with van der Waals surface area (Å²) >= 11 is 0. The molecule has 0 saturated carbocycles. The lowest BCUT2D eigenvalue weighted by Crippen LogP contribution is -2.15. The average Bonchev–Trinajstić information content (AvgIpc) is 3.21. The van der Waals surface area contributed by atoms with E-state index in [1.165, 1.54) is 16.8 Å². The number of rotatable bonds is 4. The molecular weight excluding hydrogens is 312 g/mol. The summed E-state index contributed by atoms with van der Waals surface area (Å²) in [5, 5.41) is 8.53. The molecule has 1 unspecified atom stereocenters. The molecule has 24 heavy (non-hydrogen) atoms. The molecule has 124 valence electrons. The van der Waals surface area contributed by atoms with Crippen LogP contribution in [0.4, 0.5) is 8.78 Å². The SMILES string of the molecule is Fc1ccc(-n2nc(OCC3CCNC3)c3ccccc32)c(F)c1. The van der Waals surface area contributed by atoms with Gasteiger partial charge in [0.25, 0.3) is 0 Å². The van der Waals surface area contributed by atoms with E-state index in [2.05, 4.69) is 10.4 Å². The van der Waals surface area contributed by atoms with Crippen molar-refractivity contribution in [2.24, 2.45) is 5.92 Å². The Labute approximate surface area is 138 Å². The predicted octanol–water partition coefficient (Wildman–Crippen LogP) is 3.29. The van der Waals surface area contributed by atoms with Crippen LogP contribution in [-0.2, 0) is 0 Å². The molecule has 1 aliphatic rings. The summed E-state index contributed by atoms with van der Waals surface area (Å²) in [6, 6.07) is 10.9. The van der Waals surface area contributed by atoms with Crippen molar-refractivity contribution in [1.29, 1.82) is 0 Å². The second-order valence-electron chi connectivity index (χ2n) is 6.00. The van der Waals surface area contributed by atoms with Crippen molar-refractivity contribution >= 4 is 10.9 Å². The maximum atomic E-state index is 14.2. The van der Waals surface area contributed by atoms with Crippen molar-refractivity contribution in [3.8, 4) is 11.6 Å². The van der Waals surface area contributed by atoms with Gasteiger partial charge in [0, 0.05) is 18.5 Å². The van der Waals surface area contributed by atoms with E-state index in [1.807, 2.05) is 24.3 Å². The molecule has 0 amide bonds. The van der Waals surface area contributed by atoms with E-state index in [0.717, 1.165) is 36.5 Å². The largest absolute Gasteiger partial charge is 0.476 e. The van der Waals surface area contributed by atoms with E-state index in [9.17, 15) is 8.78 Å². The molecule has 6 heteroatoms. The Balaban J connectivity index is 1.73. The maximum absolute atomic E-state index is 14.2. The first-order chi connectivity index (χ1) is 11.7. The summed E-state index contributed by atoms with van der Waals surface area (Å²) in [7, 11) is 0. The second-order valence-corrected chi connectivity index (χ2v) is 6.00. The molecule has 3 aromatic rings. The molecular formula is C18H17F2N3O. The summed E-state index contributed by atoms with van der Waals surface area (Å²) in [5.74, 6) is -0.342. The van der Waals surface area contributed by atoms with Crippen LogP contribution in [0.5, 0.6) is 5.88 Å². The smallest absolute Gasteiger partial charge is 0.241 e. The molecule has 1 aliphatic heterocycles. The zero-order valence-corrected chi connectivity index (χ0v) is 13.0. The second kappa shape index (κ2) is 6.20. The molecule has 0 aliphatic carbocycles. The number of hydrogen-bond acceptors (Lipinski definition) is 3. The summed E-state index contributed by atoms with van der Waals surface area (Å²) in [6.45, 7) is 2.51. The molecule has 0 bridgehead atoms. The first-order valence-electron chi connectivity index (χ1n) is 7.99. The van der Waals surface area contributed by atoms with Gasteiger partial charge in [0.1, 0.15) is 11.5 Å². The van der Waals surface area contributed by atoms with Gasteiger partial charge in [0.05, 0.1) is 17.5 Å². The van der Waals surface area contributed by atoms with Crippen LogP contribution in [-0.4, -0.2) is 29.5 Å². The number of hydrogen-bond donors (Lipinski definition) is 1. The lowest BCUT2D eigenvalue weighted by molar-refractivity contribution is 0.252. The number of benzene rings is 2. The Hall–Kier alpha value is -2.47. The lowest BCUT2D eigenvalue weighted by atomic mass is 10.1. The zero-order valence-electron chi connectivity index (χ0n) is 13.0. The highest BCUT2D eigenvalue weighted by Gasteiger charge is 2.19. The standard InChI is InChI=1S/C18H17F2N3O/c19-13-5-6-17(15(20)9-13)23-16-4-2-1-3-14(16)18(22-23)24-11-12-7-8-21-10-12/h1-6,9,12,21H,7-8,10-11H2. The van der Waals surface area contributed by atoms with Crippen molar-refractivity contribution in [3.63, 3.8) is 0 Å². The van der Waals surface area contributed by atoms with E-state index in [1.54, 1.807) is 0 Å². The number of halogens is 2. The van der Waals surface area contributed by atoms with Gasteiger partial charge in [-0.15, -0.1) is 5.10 Å². The predicted molar refractivity (Wildman–Crippen MR) is 87.5 cm³/mol. The molecule has 2 aromatic carbocycles. The minimum Gasteiger partial charge on any atom is -0.476 e. The number of ether oxygens (including phenoxy) is 1. The quantitative estimate of drug-likeness (QED) is 0.798. The molecule has 4 rings (SSSR count). The van der Waals surface area contributed by atoms with Gasteiger partial charge in [-0.3, -0.25) is 0 Å². The molecule has 1 atom stereocenters. The lowest BCUT2D eigenvalue weighted by Gasteiger charge is -2.08. The molecule has 4 nitrogen and oxygen atoms in total. The highest BCUT2D eigenvalue weighted by atomic mass is 19.1. The monoisotopic (exact) mass is 329 g/mol. The van der Waals surface area contributed by atoms with Gasteiger partial charge in [0.15, 0.2) is 5.82 Å². The fraction of sp³-hybridized carbons (Fsp3) is 0.278. The van der Waals surface area contributed by atoms with Crippen LogP contribution < -0.4 is 10.1 Å². The molecule has 1 aromatic heterocycles. The van der Waals surface area contributed by atoms with Crippen LogP contribution in [0.25, 0.3) is 16.6 Å². The Kier molecular flexibility index (Phi) is 3.90. The van der Waals surface area contributed by atoms with Gasteiger partial charge in [0.2, 0.25) is 5.88 Å². The van der Waals surface area contributed by atoms with E-state index in [4.69, 9.17) is 4.74 Å². The Morgan fingerprint density at radius 2 is 2.08 bits per heavy atom. The van der Waals surface area contributed by atoms with Gasteiger partial charge >= 0.3 is 0 Å². The highest BCUT2D eigenvalue weighted by Crippen LogP contribution is 2.29. The van der Waals surface area contributed by atoms with Crippen LogP contribution in [0.3, 0.4) is 0 Å². The van der Waals surface area contributed by atoms with Crippen LogP contribution in [0.1, 0.15) is 6.42 Å². The summed E-state index contributed by atoms with van der Waals surface area (Å²) < 4.78 is 34.7. The molecule has 1 N–H and O–H groups in total. The zero-order chi connectivity index (χ0) is 16.5. The third-order valence-corrected chi connectivity index (χ3v) is 4.31. The maximum Gasteiger partial charge on any atom is 0.241 e. The van der Waals surface area contributed by atoms with Crippen molar-refractivity contribution in [3.05, 3.63) is 54.1 Å². The van der Waals surface area contributed by atoms with Gasteiger partial charge in [-0.2, -0.15) is 0 Å². The highest BCUT2D eigenvalue weighted by molar-refractivity contribution is 5.86. The van der Waals surface area contributed by atoms with Crippen molar-refractivity contribution in [2.75, 3.05) is 19.7 Å². The number of para-hydroxylation sites is 1. The first-order valence-corrected chi connectivity index (χ1v) is 7.99. The Morgan fingerprint density at radius 3 is 2.88 bits per heavy atom. The van der Waals surface area contributed by atoms with Crippen molar-refractivity contribution < 1.29 is 13.5 Å². The molecule has 0 radical (unpaired) electrons. The summed E-state index contributed by atoms with van der Waals surface area (Å²) in [5.41, 5.74) is 0.924. The Bertz CT molecular complexity index is 872. The first kappa shape index (κ1) is 15.1. The number of nitrogens with one attached hydrogen (secondary N) is 1. The van der Waals surface area contributed by atoms with Crippen LogP contribution >= 0.6 is 0 Å².